The SMILES string of the molecule is Cc1cc(C(F)(F)F)cc(C=NC2CCCC(N=Cc3cc(C(F)(F)F)cc(C)c3O)C2)c1O. The molecule has 2 aromatic carbocycles. The van der Waals surface area contributed by atoms with Gasteiger partial charge in [-0.2, -0.15) is 26.3 Å². The highest BCUT2D eigenvalue weighted by Crippen LogP contribution is 2.35. The summed E-state index contributed by atoms with van der Waals surface area (Å²) in [5.74, 6) is -0.560. The molecule has 0 spiro atoms. The van der Waals surface area contributed by atoms with Crippen molar-refractivity contribution in [2.45, 2.75) is 64.0 Å². The molecule has 0 saturated heterocycles. The van der Waals surface area contributed by atoms with E-state index in [1.165, 1.54) is 26.3 Å². The maximum atomic E-state index is 13.1. The lowest BCUT2D eigenvalue weighted by Gasteiger charge is -2.24. The number of hydrogen-bond donors (Lipinski definition) is 2. The molecule has 1 aliphatic carbocycles. The minimum absolute atomic E-state index is 0.0395. The first-order valence-corrected chi connectivity index (χ1v) is 10.6. The minimum atomic E-state index is -4.56. The second-order valence-corrected chi connectivity index (χ2v) is 8.49. The molecule has 1 saturated carbocycles. The van der Waals surface area contributed by atoms with Crippen molar-refractivity contribution in [2.24, 2.45) is 9.98 Å². The zero-order valence-corrected chi connectivity index (χ0v) is 18.5. The summed E-state index contributed by atoms with van der Waals surface area (Å²) >= 11 is 0. The first-order valence-electron chi connectivity index (χ1n) is 10.6. The highest BCUT2D eigenvalue weighted by atomic mass is 19.4. The number of aliphatic imine (C=N–C) groups is 2. The molecule has 2 aromatic rings. The molecule has 0 aromatic heterocycles. The smallest absolute Gasteiger partial charge is 0.416 e. The average molecular weight is 486 g/mol. The predicted octanol–water partition coefficient (Wildman–Crippen LogP) is 6.60. The Morgan fingerprint density at radius 2 is 1.12 bits per heavy atom. The molecule has 184 valence electrons. The summed E-state index contributed by atoms with van der Waals surface area (Å²) in [6, 6.07) is 2.85. The van der Waals surface area contributed by atoms with Gasteiger partial charge in [0, 0.05) is 23.6 Å². The van der Waals surface area contributed by atoms with E-state index < -0.39 is 23.5 Å². The molecule has 1 aliphatic rings. The summed E-state index contributed by atoms with van der Waals surface area (Å²) < 4.78 is 78.4. The van der Waals surface area contributed by atoms with Crippen molar-refractivity contribution >= 4 is 12.4 Å². The Balaban J connectivity index is 1.76. The van der Waals surface area contributed by atoms with Crippen molar-refractivity contribution in [3.05, 3.63) is 57.6 Å². The summed E-state index contributed by atoms with van der Waals surface area (Å²) in [5.41, 5.74) is -1.68. The van der Waals surface area contributed by atoms with Crippen LogP contribution in [-0.4, -0.2) is 34.7 Å². The van der Waals surface area contributed by atoms with E-state index in [1.54, 1.807) is 0 Å². The third-order valence-corrected chi connectivity index (χ3v) is 5.78. The molecule has 2 atom stereocenters. The fraction of sp³-hybridized carbons (Fsp3) is 0.417. The Morgan fingerprint density at radius 1 is 0.735 bits per heavy atom. The Labute approximate surface area is 192 Å². The molecule has 2 N–H and O–H groups in total. The van der Waals surface area contributed by atoms with E-state index in [4.69, 9.17) is 0 Å². The maximum absolute atomic E-state index is 13.1. The van der Waals surface area contributed by atoms with Crippen LogP contribution in [0.15, 0.2) is 34.3 Å². The Bertz CT molecular complexity index is 1020. The van der Waals surface area contributed by atoms with Crippen LogP contribution >= 0.6 is 0 Å². The molecule has 3 rings (SSSR count). The van der Waals surface area contributed by atoms with E-state index >= 15 is 0 Å². The van der Waals surface area contributed by atoms with Crippen molar-refractivity contribution < 1.29 is 36.6 Å². The molecule has 2 unspecified atom stereocenters. The number of aryl methyl sites for hydroxylation is 2. The molecule has 34 heavy (non-hydrogen) atoms. The first kappa shape index (κ1) is 25.6. The molecule has 0 heterocycles. The summed E-state index contributed by atoms with van der Waals surface area (Å²) in [6.45, 7) is 2.75. The van der Waals surface area contributed by atoms with Crippen LogP contribution in [-0.2, 0) is 12.4 Å². The Morgan fingerprint density at radius 3 is 1.47 bits per heavy atom. The van der Waals surface area contributed by atoms with Gasteiger partial charge in [0.25, 0.3) is 0 Å². The van der Waals surface area contributed by atoms with Gasteiger partial charge in [0.2, 0.25) is 0 Å². The second-order valence-electron chi connectivity index (χ2n) is 8.49. The fourth-order valence-electron chi connectivity index (χ4n) is 3.92. The first-order chi connectivity index (χ1) is 15.8. The van der Waals surface area contributed by atoms with Crippen LogP contribution in [0.2, 0.25) is 0 Å². The van der Waals surface area contributed by atoms with Crippen LogP contribution < -0.4 is 0 Å². The summed E-state index contributed by atoms with van der Waals surface area (Å²) in [5, 5.41) is 20.2. The number of phenols is 2. The molecule has 4 nitrogen and oxygen atoms in total. The molecular formula is C24H24F6N2O2. The zero-order valence-electron chi connectivity index (χ0n) is 18.5. The normalized spacial score (nSPS) is 19.9. The van der Waals surface area contributed by atoms with Crippen molar-refractivity contribution in [1.82, 2.24) is 0 Å². The number of halogens is 6. The Hall–Kier alpha value is -3.04. The fourth-order valence-corrected chi connectivity index (χ4v) is 3.92. The highest BCUT2D eigenvalue weighted by molar-refractivity contribution is 5.85. The number of hydrogen-bond acceptors (Lipinski definition) is 4. The Kier molecular flexibility index (Phi) is 7.28. The predicted molar refractivity (Wildman–Crippen MR) is 117 cm³/mol. The van der Waals surface area contributed by atoms with Gasteiger partial charge >= 0.3 is 12.4 Å². The molecule has 0 amide bonds. The molecule has 0 aliphatic heterocycles. The standard InChI is InChI=1S/C24H24F6N2O2/c1-13-6-17(23(25,26)27)8-15(21(13)33)11-31-19-4-3-5-20(10-19)32-12-16-9-18(24(28,29)30)7-14(2)22(16)34/h6-9,11-12,19-20,33-34H,3-5,10H2,1-2H3. The number of benzene rings is 2. The minimum Gasteiger partial charge on any atom is -0.507 e. The topological polar surface area (TPSA) is 65.2 Å². The summed E-state index contributed by atoms with van der Waals surface area (Å²) in [4.78, 5) is 8.67. The van der Waals surface area contributed by atoms with Crippen molar-refractivity contribution in [3.63, 3.8) is 0 Å². The van der Waals surface area contributed by atoms with Gasteiger partial charge in [-0.3, -0.25) is 9.98 Å². The monoisotopic (exact) mass is 486 g/mol. The van der Waals surface area contributed by atoms with Crippen LogP contribution in [0.5, 0.6) is 11.5 Å². The van der Waals surface area contributed by atoms with E-state index in [9.17, 15) is 36.6 Å². The second kappa shape index (κ2) is 9.68. The molecular weight excluding hydrogens is 462 g/mol. The van der Waals surface area contributed by atoms with E-state index in [0.717, 1.165) is 24.3 Å². The highest BCUT2D eigenvalue weighted by Gasteiger charge is 2.32. The van der Waals surface area contributed by atoms with E-state index in [-0.39, 0.29) is 45.8 Å². The number of alkyl halides is 6. The van der Waals surface area contributed by atoms with Gasteiger partial charge in [-0.25, -0.2) is 0 Å². The maximum Gasteiger partial charge on any atom is 0.416 e. The lowest BCUT2D eigenvalue weighted by molar-refractivity contribution is -0.138. The largest absolute Gasteiger partial charge is 0.507 e. The van der Waals surface area contributed by atoms with Crippen LogP contribution in [0.1, 0.15) is 59.1 Å². The van der Waals surface area contributed by atoms with Gasteiger partial charge in [0.05, 0.1) is 23.2 Å². The van der Waals surface area contributed by atoms with Crippen LogP contribution in [0.3, 0.4) is 0 Å². The quantitative estimate of drug-likeness (QED) is 0.378. The number of aromatic hydroxyl groups is 2. The number of rotatable bonds is 4. The summed E-state index contributed by atoms with van der Waals surface area (Å²) in [6.07, 6.45) is -4.20. The van der Waals surface area contributed by atoms with Gasteiger partial charge in [0.15, 0.2) is 0 Å². The number of phenolic OH excluding ortho intramolecular Hbond substituents is 2. The van der Waals surface area contributed by atoms with E-state index in [1.807, 2.05) is 0 Å². The molecule has 0 radical (unpaired) electrons. The zero-order chi connectivity index (χ0) is 25.3. The van der Waals surface area contributed by atoms with Crippen molar-refractivity contribution in [2.75, 3.05) is 0 Å². The van der Waals surface area contributed by atoms with E-state index in [0.29, 0.717) is 25.7 Å². The number of nitrogens with zero attached hydrogens (tertiary/aromatic N) is 2. The van der Waals surface area contributed by atoms with Gasteiger partial charge in [-0.1, -0.05) is 0 Å². The third-order valence-electron chi connectivity index (χ3n) is 5.78. The average Bonchev–Trinajstić information content (AvgIpc) is 2.74. The van der Waals surface area contributed by atoms with Crippen LogP contribution in [0.25, 0.3) is 0 Å². The molecule has 10 heteroatoms. The van der Waals surface area contributed by atoms with Gasteiger partial charge in [0.1, 0.15) is 11.5 Å². The van der Waals surface area contributed by atoms with Gasteiger partial charge < -0.3 is 10.2 Å². The molecule has 0 bridgehead atoms. The van der Waals surface area contributed by atoms with Crippen molar-refractivity contribution in [1.29, 1.82) is 0 Å². The van der Waals surface area contributed by atoms with Gasteiger partial charge in [-0.15, -0.1) is 0 Å². The lowest BCUT2D eigenvalue weighted by atomic mass is 9.91. The lowest BCUT2D eigenvalue weighted by Crippen LogP contribution is -2.21. The van der Waals surface area contributed by atoms with Crippen molar-refractivity contribution in [3.8, 4) is 11.5 Å². The van der Waals surface area contributed by atoms with Gasteiger partial charge in [-0.05, 0) is 74.9 Å². The van der Waals surface area contributed by atoms with Crippen LogP contribution in [0.4, 0.5) is 26.3 Å². The van der Waals surface area contributed by atoms with Crippen LogP contribution in [0, 0.1) is 13.8 Å². The molecule has 1 fully saturated rings. The van der Waals surface area contributed by atoms with E-state index in [2.05, 4.69) is 9.98 Å². The summed E-state index contributed by atoms with van der Waals surface area (Å²) in [7, 11) is 0. The third kappa shape index (κ3) is 6.09.